The van der Waals surface area contributed by atoms with Crippen LogP contribution in [-0.2, 0) is 0 Å². The number of carbonyl (C=O) groups excluding carboxylic acids is 2. The normalized spacial score (nSPS) is 13.8. The molecule has 0 atom stereocenters. The van der Waals surface area contributed by atoms with E-state index in [0.29, 0.717) is 42.5 Å². The molecule has 0 unspecified atom stereocenters. The second-order valence-electron chi connectivity index (χ2n) is 8.18. The van der Waals surface area contributed by atoms with Gasteiger partial charge in [-0.1, -0.05) is 54.1 Å². The number of pyridine rings is 1. The third-order valence-electron chi connectivity index (χ3n) is 6.08. The summed E-state index contributed by atoms with van der Waals surface area (Å²) in [5.41, 5.74) is 3.17. The molecule has 1 saturated heterocycles. The number of phenolic OH excluding ortho intramolecular Hbond substituents is 1. The predicted octanol–water partition coefficient (Wildman–Crippen LogP) is 4.86. The number of aromatic hydroxyl groups is 1. The third-order valence-corrected chi connectivity index (χ3v) is 6.33. The molecule has 5 rings (SSSR count). The lowest BCUT2D eigenvalue weighted by Gasteiger charge is -2.35. The Kier molecular flexibility index (Phi) is 5.90. The van der Waals surface area contributed by atoms with Crippen LogP contribution in [-0.4, -0.2) is 57.9 Å². The number of phenols is 1. The maximum Gasteiger partial charge on any atom is 0.257 e. The van der Waals surface area contributed by atoms with E-state index < -0.39 is 0 Å². The van der Waals surface area contributed by atoms with Crippen LogP contribution in [0.5, 0.6) is 5.75 Å². The number of hydrogen-bond donors (Lipinski definition) is 1. The van der Waals surface area contributed by atoms with Crippen LogP contribution in [0.3, 0.4) is 0 Å². The summed E-state index contributed by atoms with van der Waals surface area (Å²) < 4.78 is 0. The number of rotatable bonds is 3. The quantitative estimate of drug-likeness (QED) is 0.463. The van der Waals surface area contributed by atoms with Gasteiger partial charge in [0.25, 0.3) is 11.8 Å². The topological polar surface area (TPSA) is 73.7 Å². The molecule has 1 N–H and O–H groups in total. The fourth-order valence-corrected chi connectivity index (χ4v) is 4.35. The molecule has 3 aromatic carbocycles. The maximum atomic E-state index is 13.6. The summed E-state index contributed by atoms with van der Waals surface area (Å²) in [6.07, 6.45) is 0. The molecule has 0 aliphatic carbocycles. The molecule has 2 amide bonds. The van der Waals surface area contributed by atoms with Gasteiger partial charge in [-0.05, 0) is 36.4 Å². The van der Waals surface area contributed by atoms with E-state index in [1.165, 1.54) is 6.07 Å². The van der Waals surface area contributed by atoms with E-state index in [0.717, 1.165) is 16.5 Å². The molecule has 1 aromatic heterocycles. The molecular formula is C27H22ClN3O3. The van der Waals surface area contributed by atoms with Gasteiger partial charge in [0.05, 0.1) is 22.3 Å². The van der Waals surface area contributed by atoms with Gasteiger partial charge in [0.2, 0.25) is 0 Å². The molecule has 7 heteroatoms. The maximum absolute atomic E-state index is 13.6. The molecule has 2 heterocycles. The van der Waals surface area contributed by atoms with Crippen molar-refractivity contribution in [3.05, 3.63) is 95.0 Å². The zero-order valence-corrected chi connectivity index (χ0v) is 19.1. The zero-order valence-electron chi connectivity index (χ0n) is 18.3. The molecule has 1 aliphatic heterocycles. The van der Waals surface area contributed by atoms with Crippen LogP contribution in [0.4, 0.5) is 0 Å². The largest absolute Gasteiger partial charge is 0.507 e. The molecule has 0 radical (unpaired) electrons. The average molecular weight is 472 g/mol. The number of fused-ring (bicyclic) bond motifs is 1. The third kappa shape index (κ3) is 4.20. The molecule has 1 fully saturated rings. The number of carbonyl (C=O) groups is 2. The minimum Gasteiger partial charge on any atom is -0.507 e. The Bertz CT molecular complexity index is 1380. The van der Waals surface area contributed by atoms with Gasteiger partial charge in [-0.2, -0.15) is 0 Å². The highest BCUT2D eigenvalue weighted by Crippen LogP contribution is 2.27. The summed E-state index contributed by atoms with van der Waals surface area (Å²) in [6.45, 7) is 1.61. The molecule has 6 nitrogen and oxygen atoms in total. The van der Waals surface area contributed by atoms with E-state index in [4.69, 9.17) is 16.6 Å². The number of halogens is 1. The number of para-hydroxylation sites is 2. The first-order valence-corrected chi connectivity index (χ1v) is 11.4. The molecule has 0 bridgehead atoms. The lowest BCUT2D eigenvalue weighted by molar-refractivity contribution is 0.0534. The summed E-state index contributed by atoms with van der Waals surface area (Å²) in [7, 11) is 0. The molecule has 34 heavy (non-hydrogen) atoms. The van der Waals surface area contributed by atoms with E-state index >= 15 is 0 Å². The summed E-state index contributed by atoms with van der Waals surface area (Å²) in [5.74, 6) is -0.364. The fourth-order valence-electron chi connectivity index (χ4n) is 4.23. The highest BCUT2D eigenvalue weighted by atomic mass is 35.5. The first-order valence-electron chi connectivity index (χ1n) is 11.0. The van der Waals surface area contributed by atoms with Crippen molar-refractivity contribution in [3.63, 3.8) is 0 Å². The second-order valence-corrected chi connectivity index (χ2v) is 8.62. The van der Waals surface area contributed by atoms with Gasteiger partial charge in [-0.25, -0.2) is 4.98 Å². The number of piperazine rings is 1. The van der Waals surface area contributed by atoms with Crippen molar-refractivity contribution in [1.29, 1.82) is 0 Å². The number of benzene rings is 3. The van der Waals surface area contributed by atoms with Crippen LogP contribution in [0, 0.1) is 0 Å². The van der Waals surface area contributed by atoms with Crippen molar-refractivity contribution in [2.75, 3.05) is 26.2 Å². The van der Waals surface area contributed by atoms with Crippen molar-refractivity contribution >= 4 is 34.3 Å². The summed E-state index contributed by atoms with van der Waals surface area (Å²) in [6, 6.07) is 23.3. The summed E-state index contributed by atoms with van der Waals surface area (Å²) in [5, 5.41) is 11.4. The Balaban J connectivity index is 1.40. The van der Waals surface area contributed by atoms with Crippen molar-refractivity contribution < 1.29 is 14.7 Å². The molecule has 0 spiro atoms. The van der Waals surface area contributed by atoms with Crippen LogP contribution < -0.4 is 0 Å². The Labute approximate surface area is 202 Å². The number of hydrogen-bond acceptors (Lipinski definition) is 4. The van der Waals surface area contributed by atoms with Crippen LogP contribution in [0.2, 0.25) is 5.02 Å². The van der Waals surface area contributed by atoms with Crippen LogP contribution >= 0.6 is 11.6 Å². The predicted molar refractivity (Wildman–Crippen MR) is 132 cm³/mol. The zero-order chi connectivity index (χ0) is 23.7. The first kappa shape index (κ1) is 21.9. The van der Waals surface area contributed by atoms with Crippen molar-refractivity contribution in [2.24, 2.45) is 0 Å². The van der Waals surface area contributed by atoms with Gasteiger partial charge in [-0.3, -0.25) is 9.59 Å². The Morgan fingerprint density at radius 3 is 2.03 bits per heavy atom. The molecule has 0 saturated carbocycles. The van der Waals surface area contributed by atoms with E-state index in [1.807, 2.05) is 42.5 Å². The van der Waals surface area contributed by atoms with Gasteiger partial charge < -0.3 is 14.9 Å². The number of nitrogens with zero attached hydrogens (tertiary/aromatic N) is 3. The van der Waals surface area contributed by atoms with E-state index in [1.54, 1.807) is 40.1 Å². The van der Waals surface area contributed by atoms with Gasteiger partial charge in [-0.15, -0.1) is 0 Å². The molecular weight excluding hydrogens is 450 g/mol. The highest BCUT2D eigenvalue weighted by molar-refractivity contribution is 6.30. The average Bonchev–Trinajstić information content (AvgIpc) is 2.88. The van der Waals surface area contributed by atoms with Gasteiger partial charge in [0.1, 0.15) is 5.75 Å². The minimum absolute atomic E-state index is 0.0380. The summed E-state index contributed by atoms with van der Waals surface area (Å²) >= 11 is 6.04. The molecule has 170 valence electrons. The van der Waals surface area contributed by atoms with Crippen LogP contribution in [0.25, 0.3) is 22.2 Å². The first-order chi connectivity index (χ1) is 16.5. The molecule has 4 aromatic rings. The number of amides is 2. The lowest BCUT2D eigenvalue weighted by atomic mass is 10.0. The van der Waals surface area contributed by atoms with E-state index in [9.17, 15) is 14.7 Å². The van der Waals surface area contributed by atoms with E-state index in [2.05, 4.69) is 0 Å². The van der Waals surface area contributed by atoms with Gasteiger partial charge in [0.15, 0.2) is 0 Å². The SMILES string of the molecule is O=C(c1ccccc1O)N1CCN(C(=O)c2cc(-c3ccc(Cl)cc3)nc3ccccc23)CC1. The Hall–Kier alpha value is -3.90. The highest BCUT2D eigenvalue weighted by Gasteiger charge is 2.27. The fraction of sp³-hybridized carbons (Fsp3) is 0.148. The van der Waals surface area contributed by atoms with Gasteiger partial charge >= 0.3 is 0 Å². The van der Waals surface area contributed by atoms with E-state index in [-0.39, 0.29) is 23.1 Å². The minimum atomic E-state index is -0.232. The Morgan fingerprint density at radius 1 is 0.765 bits per heavy atom. The van der Waals surface area contributed by atoms with Crippen LogP contribution in [0.1, 0.15) is 20.7 Å². The van der Waals surface area contributed by atoms with Gasteiger partial charge in [0, 0.05) is 42.2 Å². The van der Waals surface area contributed by atoms with Crippen LogP contribution in [0.15, 0.2) is 78.9 Å². The van der Waals surface area contributed by atoms with Crippen molar-refractivity contribution in [3.8, 4) is 17.0 Å². The monoisotopic (exact) mass is 471 g/mol. The van der Waals surface area contributed by atoms with Crippen molar-refractivity contribution in [2.45, 2.75) is 0 Å². The van der Waals surface area contributed by atoms with Crippen molar-refractivity contribution in [1.82, 2.24) is 14.8 Å². The second kappa shape index (κ2) is 9.15. The lowest BCUT2D eigenvalue weighted by Crippen LogP contribution is -2.50. The Morgan fingerprint density at radius 2 is 1.35 bits per heavy atom. The summed E-state index contributed by atoms with van der Waals surface area (Å²) in [4.78, 5) is 34.6. The number of aromatic nitrogens is 1. The smallest absolute Gasteiger partial charge is 0.257 e. The molecule has 1 aliphatic rings. The standard InChI is InChI=1S/C27H22ClN3O3/c28-19-11-9-18(10-12-19)24-17-22(20-5-1-3-7-23(20)29-24)27(34)31-15-13-30(14-16-31)26(33)21-6-2-4-8-25(21)32/h1-12,17,32H,13-16H2.